The molecule has 174 valence electrons. The highest BCUT2D eigenvalue weighted by Crippen LogP contribution is 2.41. The number of carbonyl (C=O) groups is 1. The lowest BCUT2D eigenvalue weighted by Gasteiger charge is -2.34. The van der Waals surface area contributed by atoms with Crippen molar-refractivity contribution in [1.82, 2.24) is 15.3 Å². The van der Waals surface area contributed by atoms with Crippen molar-refractivity contribution in [3.63, 3.8) is 0 Å². The molecule has 0 atom stereocenters. The molecule has 5 nitrogen and oxygen atoms in total. The lowest BCUT2D eigenvalue weighted by atomic mass is 9.71. The topological polar surface area (TPSA) is 77.8 Å². The van der Waals surface area contributed by atoms with Gasteiger partial charge in [0.2, 0.25) is 11.5 Å². The van der Waals surface area contributed by atoms with Crippen molar-refractivity contribution in [2.75, 3.05) is 0 Å². The summed E-state index contributed by atoms with van der Waals surface area (Å²) in [5.41, 5.74) is 2.89. The van der Waals surface area contributed by atoms with Crippen LogP contribution in [-0.2, 0) is 17.8 Å². The zero-order valence-electron chi connectivity index (χ0n) is 18.1. The summed E-state index contributed by atoms with van der Waals surface area (Å²) < 4.78 is 41.9. The van der Waals surface area contributed by atoms with E-state index < -0.39 is 11.6 Å². The summed E-state index contributed by atoms with van der Waals surface area (Å²) >= 11 is 0. The van der Waals surface area contributed by atoms with E-state index >= 15 is 0 Å². The molecule has 4 aromatic rings. The lowest BCUT2D eigenvalue weighted by molar-refractivity contribution is -0.129. The van der Waals surface area contributed by atoms with Gasteiger partial charge in [-0.25, -0.2) is 13.2 Å². The number of H-pyrrole nitrogens is 2. The number of aromatic amines is 2. The van der Waals surface area contributed by atoms with Crippen LogP contribution in [0.25, 0.3) is 22.2 Å². The molecule has 5 rings (SSSR count). The molecule has 1 aliphatic rings. The third kappa shape index (κ3) is 4.35. The van der Waals surface area contributed by atoms with Crippen LogP contribution in [0.4, 0.5) is 13.2 Å². The minimum absolute atomic E-state index is 0.0581. The first-order chi connectivity index (χ1) is 16.4. The predicted molar refractivity (Wildman–Crippen MR) is 122 cm³/mol. The number of amides is 1. The van der Waals surface area contributed by atoms with Crippen molar-refractivity contribution in [2.45, 2.75) is 25.8 Å². The molecule has 34 heavy (non-hydrogen) atoms. The van der Waals surface area contributed by atoms with E-state index in [0.29, 0.717) is 42.5 Å². The van der Waals surface area contributed by atoms with E-state index in [1.165, 1.54) is 24.3 Å². The van der Waals surface area contributed by atoms with Gasteiger partial charge >= 0.3 is 0 Å². The highest BCUT2D eigenvalue weighted by Gasteiger charge is 2.35. The summed E-state index contributed by atoms with van der Waals surface area (Å²) in [6.45, 7) is 0.326. The Labute approximate surface area is 193 Å². The van der Waals surface area contributed by atoms with Crippen molar-refractivity contribution in [3.05, 3.63) is 93.7 Å². The van der Waals surface area contributed by atoms with Gasteiger partial charge in [0.1, 0.15) is 17.5 Å². The van der Waals surface area contributed by atoms with Crippen LogP contribution >= 0.6 is 0 Å². The Hall–Kier alpha value is -3.81. The molecule has 2 aromatic heterocycles. The second-order valence-electron chi connectivity index (χ2n) is 8.81. The molecule has 8 heteroatoms. The minimum atomic E-state index is -0.683. The van der Waals surface area contributed by atoms with Crippen LogP contribution in [0.5, 0.6) is 0 Å². The summed E-state index contributed by atoms with van der Waals surface area (Å²) in [6.07, 6.45) is 3.42. The van der Waals surface area contributed by atoms with Crippen LogP contribution in [0.2, 0.25) is 0 Å². The number of hydrogen-bond acceptors (Lipinski definition) is 2. The smallest absolute Gasteiger partial charge is 0.247 e. The molecule has 0 bridgehead atoms. The van der Waals surface area contributed by atoms with E-state index in [1.54, 1.807) is 24.4 Å². The van der Waals surface area contributed by atoms with Crippen molar-refractivity contribution in [1.29, 1.82) is 0 Å². The largest absolute Gasteiger partial charge is 0.352 e. The highest BCUT2D eigenvalue weighted by molar-refractivity contribution is 5.91. The summed E-state index contributed by atoms with van der Waals surface area (Å²) in [5, 5.41) is 3.35. The number of hydrogen-bond donors (Lipinski definition) is 3. The Morgan fingerprint density at radius 2 is 1.76 bits per heavy atom. The molecule has 0 unspecified atom stereocenters. The molecule has 0 aliphatic heterocycles. The highest BCUT2D eigenvalue weighted by atomic mass is 19.1. The molecule has 2 aromatic carbocycles. The van der Waals surface area contributed by atoms with E-state index in [-0.39, 0.29) is 34.6 Å². The number of fused-ring (bicyclic) bond motifs is 1. The maximum atomic E-state index is 14.5. The fourth-order valence-corrected chi connectivity index (χ4v) is 4.64. The number of nitrogens with one attached hydrogen (secondary N) is 3. The first-order valence-electron chi connectivity index (χ1n) is 11.1. The van der Waals surface area contributed by atoms with Crippen LogP contribution in [-0.4, -0.2) is 15.9 Å². The van der Waals surface area contributed by atoms with Gasteiger partial charge in [-0.3, -0.25) is 9.59 Å². The molecule has 2 heterocycles. The van der Waals surface area contributed by atoms with Gasteiger partial charge in [-0.2, -0.15) is 0 Å². The first-order valence-corrected chi connectivity index (χ1v) is 11.1. The molecule has 0 saturated heterocycles. The number of aromatic nitrogens is 2. The molecule has 0 radical (unpaired) electrons. The van der Waals surface area contributed by atoms with Gasteiger partial charge in [-0.15, -0.1) is 0 Å². The average Bonchev–Trinajstić information content (AvgIpc) is 3.14. The number of benzene rings is 2. The zero-order valence-corrected chi connectivity index (χ0v) is 18.1. The van der Waals surface area contributed by atoms with Crippen molar-refractivity contribution in [2.24, 2.45) is 11.8 Å². The third-order valence-corrected chi connectivity index (χ3v) is 6.48. The number of halogens is 3. The first kappa shape index (κ1) is 22.0. The fraction of sp³-hybridized carbons (Fsp3) is 0.231. The maximum Gasteiger partial charge on any atom is 0.247 e. The summed E-state index contributed by atoms with van der Waals surface area (Å²) in [7, 11) is 0. The molecule has 1 saturated carbocycles. The molecule has 1 fully saturated rings. The van der Waals surface area contributed by atoms with Gasteiger partial charge < -0.3 is 15.3 Å². The van der Waals surface area contributed by atoms with Gasteiger partial charge in [0.25, 0.3) is 0 Å². The molecule has 0 spiro atoms. The molecule has 3 N–H and O–H groups in total. The van der Waals surface area contributed by atoms with Gasteiger partial charge in [0.05, 0.1) is 5.52 Å². The van der Waals surface area contributed by atoms with E-state index in [1.807, 2.05) is 0 Å². The summed E-state index contributed by atoms with van der Waals surface area (Å²) in [6, 6.07) is 11.1. The number of carbonyl (C=O) groups excluding carboxylic acids is 1. The van der Waals surface area contributed by atoms with Gasteiger partial charge in [-0.05, 0) is 72.2 Å². The minimum Gasteiger partial charge on any atom is -0.352 e. The zero-order chi connectivity index (χ0) is 23.8. The average molecular weight is 465 g/mol. The predicted octanol–water partition coefficient (Wildman–Crippen LogP) is 4.83. The van der Waals surface area contributed by atoms with Gasteiger partial charge in [0, 0.05) is 41.9 Å². The standard InChI is InChI=1S/C26H22F3N3O2/c27-18-4-2-16(3-5-18)24-20(21-10-19(28)11-22(29)25(21)32-24)9-15-7-17(8-15)26(34)31-13-14-1-6-23(33)30-12-14/h1-6,10-12,15,17,32H,7-9,13H2,(H,30,33)(H,31,34). The van der Waals surface area contributed by atoms with Crippen LogP contribution in [0.1, 0.15) is 24.0 Å². The normalized spacial score (nSPS) is 17.5. The monoisotopic (exact) mass is 465 g/mol. The number of pyridine rings is 1. The van der Waals surface area contributed by atoms with Crippen LogP contribution in [0.3, 0.4) is 0 Å². The second-order valence-corrected chi connectivity index (χ2v) is 8.81. The Bertz CT molecular complexity index is 1400. The fourth-order valence-electron chi connectivity index (χ4n) is 4.64. The molecular weight excluding hydrogens is 443 g/mol. The number of rotatable bonds is 6. The van der Waals surface area contributed by atoms with Crippen LogP contribution in [0.15, 0.2) is 59.5 Å². The second kappa shape index (κ2) is 8.85. The Morgan fingerprint density at radius 3 is 2.47 bits per heavy atom. The van der Waals surface area contributed by atoms with Crippen molar-refractivity contribution >= 4 is 16.8 Å². The van der Waals surface area contributed by atoms with E-state index in [4.69, 9.17) is 0 Å². The molecule has 1 aliphatic carbocycles. The van der Waals surface area contributed by atoms with E-state index in [9.17, 15) is 22.8 Å². The van der Waals surface area contributed by atoms with E-state index in [2.05, 4.69) is 15.3 Å². The van der Waals surface area contributed by atoms with Crippen LogP contribution < -0.4 is 10.9 Å². The maximum absolute atomic E-state index is 14.5. The van der Waals surface area contributed by atoms with Gasteiger partial charge in [0.15, 0.2) is 0 Å². The van der Waals surface area contributed by atoms with Crippen molar-refractivity contribution in [3.8, 4) is 11.3 Å². The van der Waals surface area contributed by atoms with Crippen LogP contribution in [0, 0.1) is 29.3 Å². The lowest BCUT2D eigenvalue weighted by Crippen LogP contribution is -2.39. The van der Waals surface area contributed by atoms with Gasteiger partial charge in [-0.1, -0.05) is 6.07 Å². The van der Waals surface area contributed by atoms with E-state index in [0.717, 1.165) is 17.2 Å². The third-order valence-electron chi connectivity index (χ3n) is 6.48. The summed E-state index contributed by atoms with van der Waals surface area (Å²) in [5.74, 6) is -1.75. The SMILES string of the molecule is O=C(NCc1ccc(=O)[nH]c1)C1CC(Cc2c(-c3ccc(F)cc3)[nH]c3c(F)cc(F)cc23)C1. The molecule has 1 amide bonds. The van der Waals surface area contributed by atoms with Crippen molar-refractivity contribution < 1.29 is 18.0 Å². The Morgan fingerprint density at radius 1 is 1.00 bits per heavy atom. The molecular formula is C26H22F3N3O2. The Balaban J connectivity index is 1.31. The quantitative estimate of drug-likeness (QED) is 0.382. The Kier molecular flexibility index (Phi) is 5.73. The summed E-state index contributed by atoms with van der Waals surface area (Å²) in [4.78, 5) is 29.3.